The summed E-state index contributed by atoms with van der Waals surface area (Å²) in [6.45, 7) is 4.25. The highest BCUT2D eigenvalue weighted by Crippen LogP contribution is 2.34. The highest BCUT2D eigenvalue weighted by atomic mass is 16.6. The van der Waals surface area contributed by atoms with Crippen LogP contribution in [0.3, 0.4) is 0 Å². The minimum Gasteiger partial charge on any atom is -0.483 e. The van der Waals surface area contributed by atoms with E-state index >= 15 is 0 Å². The quantitative estimate of drug-likeness (QED) is 0.593. The number of aromatic nitrogens is 2. The Balaban J connectivity index is 1.37. The van der Waals surface area contributed by atoms with Crippen LogP contribution >= 0.6 is 0 Å². The molecule has 1 saturated heterocycles. The maximum Gasteiger partial charge on any atom is 0.339 e. The van der Waals surface area contributed by atoms with Gasteiger partial charge in [-0.15, -0.1) is 0 Å². The number of fused-ring (bicyclic) bond motifs is 3. The zero-order valence-electron chi connectivity index (χ0n) is 17.8. The van der Waals surface area contributed by atoms with Crippen LogP contribution < -0.4 is 10.4 Å². The van der Waals surface area contributed by atoms with Gasteiger partial charge < -0.3 is 14.1 Å². The normalized spacial score (nSPS) is 18.4. The van der Waals surface area contributed by atoms with E-state index in [0.717, 1.165) is 60.6 Å². The molecule has 0 N–H and O–H groups in total. The lowest BCUT2D eigenvalue weighted by Crippen LogP contribution is -2.35. The molecule has 1 aromatic carbocycles. The maximum absolute atomic E-state index is 12.9. The molecule has 1 aliphatic heterocycles. The van der Waals surface area contributed by atoms with Gasteiger partial charge in [-0.2, -0.15) is 0 Å². The molecule has 1 fully saturated rings. The SMILES string of the molecule is Cc1nonc1C1CCCN1C(=O)COc1ccc2c3c(c(=O)oc2c1C)CCCC3. The van der Waals surface area contributed by atoms with Crippen LogP contribution in [0, 0.1) is 13.8 Å². The Labute approximate surface area is 179 Å². The molecule has 0 bridgehead atoms. The minimum atomic E-state index is -0.255. The van der Waals surface area contributed by atoms with E-state index in [1.807, 2.05) is 26.0 Å². The number of benzene rings is 1. The molecule has 0 radical (unpaired) electrons. The van der Waals surface area contributed by atoms with Gasteiger partial charge in [0.1, 0.15) is 22.7 Å². The smallest absolute Gasteiger partial charge is 0.339 e. The van der Waals surface area contributed by atoms with Gasteiger partial charge in [0, 0.05) is 23.1 Å². The first-order valence-electron chi connectivity index (χ1n) is 10.8. The van der Waals surface area contributed by atoms with Gasteiger partial charge in [0.15, 0.2) is 6.61 Å². The lowest BCUT2D eigenvalue weighted by Gasteiger charge is -2.23. The van der Waals surface area contributed by atoms with Crippen LogP contribution in [0.1, 0.15) is 59.8 Å². The number of hydrogen-bond donors (Lipinski definition) is 0. The van der Waals surface area contributed by atoms with Crippen LogP contribution in [-0.4, -0.2) is 34.3 Å². The summed E-state index contributed by atoms with van der Waals surface area (Å²) in [5, 5.41) is 8.78. The standard InChI is InChI=1S/C23H25N3O5/c1-13-19(10-9-16-15-6-3-4-7-17(15)23(28)30-22(13)16)29-12-20(27)26-11-5-8-18(26)21-14(2)24-31-25-21/h9-10,18H,3-8,11-12H2,1-2H3. The van der Waals surface area contributed by atoms with Crippen molar-refractivity contribution in [3.63, 3.8) is 0 Å². The molecule has 162 valence electrons. The Morgan fingerprint density at radius 3 is 2.74 bits per heavy atom. The molecule has 3 heterocycles. The van der Waals surface area contributed by atoms with E-state index in [9.17, 15) is 9.59 Å². The van der Waals surface area contributed by atoms with Crippen molar-refractivity contribution in [1.82, 2.24) is 15.2 Å². The fourth-order valence-electron chi connectivity index (χ4n) is 4.89. The number of likely N-dealkylation sites (tertiary alicyclic amines) is 1. The Kier molecular flexibility index (Phi) is 5.00. The van der Waals surface area contributed by atoms with Crippen molar-refractivity contribution in [1.29, 1.82) is 0 Å². The van der Waals surface area contributed by atoms with Crippen molar-refractivity contribution in [3.05, 3.63) is 50.6 Å². The fraction of sp³-hybridized carbons (Fsp3) is 0.478. The Bertz CT molecular complexity index is 1210. The minimum absolute atomic E-state index is 0.0949. The molecule has 31 heavy (non-hydrogen) atoms. The summed E-state index contributed by atoms with van der Waals surface area (Å²) in [7, 11) is 0. The average molecular weight is 423 g/mol. The summed E-state index contributed by atoms with van der Waals surface area (Å²) in [6.07, 6.45) is 5.49. The van der Waals surface area contributed by atoms with E-state index < -0.39 is 0 Å². The number of nitrogens with zero attached hydrogens (tertiary/aromatic N) is 3. The maximum atomic E-state index is 12.9. The van der Waals surface area contributed by atoms with Crippen molar-refractivity contribution < 1.29 is 18.6 Å². The zero-order valence-corrected chi connectivity index (χ0v) is 17.8. The number of carbonyl (C=O) groups is 1. The monoisotopic (exact) mass is 423 g/mol. The first-order chi connectivity index (χ1) is 15.0. The van der Waals surface area contributed by atoms with Crippen LogP contribution in [0.2, 0.25) is 0 Å². The molecule has 0 saturated carbocycles. The van der Waals surface area contributed by atoms with E-state index in [0.29, 0.717) is 29.3 Å². The summed E-state index contributed by atoms with van der Waals surface area (Å²) in [5.41, 5.74) is 4.35. The van der Waals surface area contributed by atoms with Crippen molar-refractivity contribution >= 4 is 16.9 Å². The van der Waals surface area contributed by atoms with Crippen LogP contribution in [0.5, 0.6) is 5.75 Å². The Hall–Kier alpha value is -3.16. The van der Waals surface area contributed by atoms with Gasteiger partial charge in [-0.25, -0.2) is 9.42 Å². The third-order valence-electron chi connectivity index (χ3n) is 6.52. The van der Waals surface area contributed by atoms with Crippen molar-refractivity contribution in [2.45, 2.75) is 58.4 Å². The fourth-order valence-corrected chi connectivity index (χ4v) is 4.89. The lowest BCUT2D eigenvalue weighted by molar-refractivity contribution is -0.134. The third-order valence-corrected chi connectivity index (χ3v) is 6.52. The molecule has 1 atom stereocenters. The number of ether oxygens (including phenoxy) is 1. The second kappa shape index (κ2) is 7.83. The van der Waals surface area contributed by atoms with Gasteiger partial charge in [0.2, 0.25) is 0 Å². The number of hydrogen-bond acceptors (Lipinski definition) is 7. The Morgan fingerprint density at radius 1 is 1.16 bits per heavy atom. The summed E-state index contributed by atoms with van der Waals surface area (Å²) in [6, 6.07) is 3.68. The van der Waals surface area contributed by atoms with E-state index in [1.165, 1.54) is 0 Å². The highest BCUT2D eigenvalue weighted by Gasteiger charge is 2.33. The number of rotatable bonds is 4. The molecule has 3 aromatic rings. The molecule has 1 aliphatic carbocycles. The van der Waals surface area contributed by atoms with Crippen LogP contribution in [0.4, 0.5) is 0 Å². The van der Waals surface area contributed by atoms with Gasteiger partial charge in [-0.05, 0) is 70.1 Å². The number of amides is 1. The molecule has 1 amide bonds. The predicted octanol–water partition coefficient (Wildman–Crippen LogP) is 3.41. The molecule has 8 heteroatoms. The van der Waals surface area contributed by atoms with E-state index in [2.05, 4.69) is 10.3 Å². The molecular formula is C23H25N3O5. The zero-order chi connectivity index (χ0) is 21.5. The van der Waals surface area contributed by atoms with Gasteiger partial charge >= 0.3 is 5.63 Å². The number of carbonyl (C=O) groups excluding carboxylic acids is 1. The van der Waals surface area contributed by atoms with Gasteiger partial charge in [-0.1, -0.05) is 10.3 Å². The summed E-state index contributed by atoms with van der Waals surface area (Å²) >= 11 is 0. The summed E-state index contributed by atoms with van der Waals surface area (Å²) in [4.78, 5) is 27.2. The predicted molar refractivity (Wildman–Crippen MR) is 112 cm³/mol. The van der Waals surface area contributed by atoms with Crippen LogP contribution in [0.15, 0.2) is 26.0 Å². The molecule has 0 spiro atoms. The first-order valence-corrected chi connectivity index (χ1v) is 10.8. The largest absolute Gasteiger partial charge is 0.483 e. The molecule has 1 unspecified atom stereocenters. The van der Waals surface area contributed by atoms with Gasteiger partial charge in [0.05, 0.1) is 6.04 Å². The number of aryl methyl sites for hydroxylation is 3. The van der Waals surface area contributed by atoms with Gasteiger partial charge in [-0.3, -0.25) is 4.79 Å². The summed E-state index contributed by atoms with van der Waals surface area (Å²) < 4.78 is 16.4. The average Bonchev–Trinajstić information content (AvgIpc) is 3.42. The second-order valence-electron chi connectivity index (χ2n) is 8.39. The van der Waals surface area contributed by atoms with Crippen molar-refractivity contribution in [2.24, 2.45) is 0 Å². The van der Waals surface area contributed by atoms with Crippen LogP contribution in [0.25, 0.3) is 11.0 Å². The van der Waals surface area contributed by atoms with Gasteiger partial charge in [0.25, 0.3) is 5.91 Å². The third kappa shape index (κ3) is 3.40. The molecule has 2 aromatic heterocycles. The topological polar surface area (TPSA) is 98.7 Å². The molecular weight excluding hydrogens is 398 g/mol. The molecule has 2 aliphatic rings. The summed E-state index contributed by atoms with van der Waals surface area (Å²) in [5.74, 6) is 0.436. The van der Waals surface area contributed by atoms with Crippen LogP contribution in [-0.2, 0) is 17.6 Å². The lowest BCUT2D eigenvalue weighted by atomic mass is 9.90. The van der Waals surface area contributed by atoms with E-state index in [1.54, 1.807) is 4.90 Å². The molecule has 5 rings (SSSR count). The molecule has 8 nitrogen and oxygen atoms in total. The van der Waals surface area contributed by atoms with E-state index in [4.69, 9.17) is 13.8 Å². The Morgan fingerprint density at radius 2 is 1.97 bits per heavy atom. The first kappa shape index (κ1) is 19.8. The van der Waals surface area contributed by atoms with E-state index in [-0.39, 0.29) is 24.2 Å². The highest BCUT2D eigenvalue weighted by molar-refractivity contribution is 5.86. The van der Waals surface area contributed by atoms with Crippen molar-refractivity contribution in [2.75, 3.05) is 13.2 Å². The van der Waals surface area contributed by atoms with Crippen molar-refractivity contribution in [3.8, 4) is 5.75 Å². The second-order valence-corrected chi connectivity index (χ2v) is 8.39.